The lowest BCUT2D eigenvalue weighted by Gasteiger charge is -2.26. The first-order valence-electron chi connectivity index (χ1n) is 9.25. The average Bonchev–Trinajstić information content (AvgIpc) is 2.63. The molecule has 2 rings (SSSR count). The number of halogens is 2. The molecule has 0 heterocycles. The number of anilines is 1. The van der Waals surface area contributed by atoms with E-state index in [4.69, 9.17) is 0 Å². The minimum Gasteiger partial charge on any atom is -0.350 e. The zero-order valence-electron chi connectivity index (χ0n) is 16.9. The number of carbonyl (C=O) groups excluding carboxylic acids is 2. The zero-order valence-corrected chi connectivity index (χ0v) is 16.9. The summed E-state index contributed by atoms with van der Waals surface area (Å²) in [6.07, 6.45) is 0. The first-order chi connectivity index (χ1) is 13.7. The maximum Gasteiger partial charge on any atom is 0.319 e. The lowest BCUT2D eigenvalue weighted by Crippen LogP contribution is -2.36. The van der Waals surface area contributed by atoms with Gasteiger partial charge in [0.1, 0.15) is 11.6 Å². The Hall–Kier alpha value is -3.00. The number of hydrogen-bond donors (Lipinski definition) is 3. The van der Waals surface area contributed by atoms with Gasteiger partial charge in [0, 0.05) is 29.4 Å². The van der Waals surface area contributed by atoms with E-state index in [1.54, 1.807) is 37.2 Å². The summed E-state index contributed by atoms with van der Waals surface area (Å²) in [7, 11) is 3.36. The Morgan fingerprint density at radius 2 is 1.66 bits per heavy atom. The molecule has 0 aromatic heterocycles. The molecule has 0 aliphatic rings. The van der Waals surface area contributed by atoms with Crippen LogP contribution in [0.4, 0.5) is 19.3 Å². The van der Waals surface area contributed by atoms with Crippen LogP contribution in [0.15, 0.2) is 42.5 Å². The van der Waals surface area contributed by atoms with Gasteiger partial charge in [0.15, 0.2) is 0 Å². The van der Waals surface area contributed by atoms with Crippen LogP contribution in [0.5, 0.6) is 0 Å². The number of urea groups is 1. The normalized spacial score (nSPS) is 12.0. The topological polar surface area (TPSA) is 73.5 Å². The van der Waals surface area contributed by atoms with Crippen molar-refractivity contribution in [2.75, 3.05) is 26.0 Å². The Labute approximate surface area is 169 Å². The fourth-order valence-electron chi connectivity index (χ4n) is 2.83. The zero-order chi connectivity index (χ0) is 21.6. The van der Waals surface area contributed by atoms with Gasteiger partial charge in [0.2, 0.25) is 0 Å². The lowest BCUT2D eigenvalue weighted by molar-refractivity contribution is 0.0940. The maximum atomic E-state index is 14.1. The highest BCUT2D eigenvalue weighted by Crippen LogP contribution is 2.24. The Bertz CT molecular complexity index is 851. The molecule has 0 aliphatic heterocycles. The molecular weight excluding hydrogens is 378 g/mol. The van der Waals surface area contributed by atoms with Crippen molar-refractivity contribution in [1.29, 1.82) is 0 Å². The number of nitrogens with one attached hydrogen (secondary N) is 3. The largest absolute Gasteiger partial charge is 0.350 e. The number of amides is 3. The fourth-order valence-corrected chi connectivity index (χ4v) is 2.83. The van der Waals surface area contributed by atoms with Crippen LogP contribution >= 0.6 is 0 Å². The summed E-state index contributed by atoms with van der Waals surface area (Å²) < 4.78 is 28.3. The Balaban J connectivity index is 2.09. The van der Waals surface area contributed by atoms with Gasteiger partial charge in [-0.25, -0.2) is 13.6 Å². The van der Waals surface area contributed by atoms with Crippen LogP contribution in [-0.2, 0) is 0 Å². The summed E-state index contributed by atoms with van der Waals surface area (Å²) in [5, 5.41) is 8.05. The van der Waals surface area contributed by atoms with Gasteiger partial charge < -0.3 is 20.9 Å². The van der Waals surface area contributed by atoms with Gasteiger partial charge in [-0.3, -0.25) is 4.79 Å². The van der Waals surface area contributed by atoms with Crippen LogP contribution in [0.3, 0.4) is 0 Å². The van der Waals surface area contributed by atoms with E-state index >= 15 is 0 Å². The summed E-state index contributed by atoms with van der Waals surface area (Å²) in [4.78, 5) is 26.0. The van der Waals surface area contributed by atoms with E-state index < -0.39 is 23.6 Å². The van der Waals surface area contributed by atoms with Gasteiger partial charge in [-0.1, -0.05) is 12.1 Å². The van der Waals surface area contributed by atoms with E-state index in [2.05, 4.69) is 16.0 Å². The van der Waals surface area contributed by atoms with Crippen molar-refractivity contribution in [3.05, 3.63) is 65.2 Å². The Kier molecular flexibility index (Phi) is 7.67. The molecule has 8 heteroatoms. The smallest absolute Gasteiger partial charge is 0.319 e. The molecule has 0 saturated heterocycles. The van der Waals surface area contributed by atoms with E-state index in [-0.39, 0.29) is 24.2 Å². The van der Waals surface area contributed by atoms with Crippen molar-refractivity contribution >= 4 is 17.6 Å². The summed E-state index contributed by atoms with van der Waals surface area (Å²) in [6, 6.07) is 9.02. The predicted molar refractivity (Wildman–Crippen MR) is 109 cm³/mol. The van der Waals surface area contributed by atoms with Gasteiger partial charge in [-0.2, -0.15) is 0 Å². The lowest BCUT2D eigenvalue weighted by atomic mass is 10.0. The van der Waals surface area contributed by atoms with Gasteiger partial charge in [-0.15, -0.1) is 0 Å². The molecule has 3 N–H and O–H groups in total. The molecule has 0 bridgehead atoms. The monoisotopic (exact) mass is 404 g/mol. The molecule has 6 nitrogen and oxygen atoms in total. The van der Waals surface area contributed by atoms with Gasteiger partial charge in [0.05, 0.1) is 6.04 Å². The third kappa shape index (κ3) is 6.25. The van der Waals surface area contributed by atoms with Crippen molar-refractivity contribution in [1.82, 2.24) is 15.5 Å². The van der Waals surface area contributed by atoms with E-state index in [1.165, 1.54) is 24.3 Å². The van der Waals surface area contributed by atoms with E-state index in [0.29, 0.717) is 11.3 Å². The summed E-state index contributed by atoms with van der Waals surface area (Å²) in [6.45, 7) is 3.68. The molecule has 2 aromatic rings. The molecule has 3 amide bonds. The molecule has 0 spiro atoms. The first kappa shape index (κ1) is 22.3. The first-order valence-corrected chi connectivity index (χ1v) is 9.25. The van der Waals surface area contributed by atoms with Crippen LogP contribution in [-0.4, -0.2) is 43.5 Å². The van der Waals surface area contributed by atoms with E-state index in [9.17, 15) is 18.4 Å². The fraction of sp³-hybridized carbons (Fsp3) is 0.333. The minimum absolute atomic E-state index is 0.00911. The van der Waals surface area contributed by atoms with Crippen LogP contribution in [0.25, 0.3) is 0 Å². The average molecular weight is 404 g/mol. The second kappa shape index (κ2) is 9.97. The number of nitrogens with zero attached hydrogens (tertiary/aromatic N) is 1. The van der Waals surface area contributed by atoms with E-state index in [1.807, 2.05) is 13.8 Å². The molecule has 2 aromatic carbocycles. The van der Waals surface area contributed by atoms with Crippen molar-refractivity contribution < 1.29 is 18.4 Å². The highest BCUT2D eigenvalue weighted by atomic mass is 19.1. The van der Waals surface area contributed by atoms with Crippen molar-refractivity contribution in [2.24, 2.45) is 0 Å². The van der Waals surface area contributed by atoms with Gasteiger partial charge in [-0.05, 0) is 58.3 Å². The molecule has 0 radical (unpaired) electrons. The third-order valence-corrected chi connectivity index (χ3v) is 4.21. The van der Waals surface area contributed by atoms with E-state index in [0.717, 1.165) is 0 Å². The van der Waals surface area contributed by atoms with Crippen molar-refractivity contribution in [3.63, 3.8) is 0 Å². The second-order valence-corrected chi connectivity index (χ2v) is 7.16. The van der Waals surface area contributed by atoms with Gasteiger partial charge in [0.25, 0.3) is 5.91 Å². The van der Waals surface area contributed by atoms with Crippen LogP contribution in [0.2, 0.25) is 0 Å². The summed E-state index contributed by atoms with van der Waals surface area (Å²) in [5.74, 6) is -1.75. The Morgan fingerprint density at radius 1 is 1.03 bits per heavy atom. The number of rotatable bonds is 7. The highest BCUT2D eigenvalue weighted by Gasteiger charge is 2.23. The molecule has 1 atom stereocenters. The Morgan fingerprint density at radius 3 is 2.24 bits per heavy atom. The maximum absolute atomic E-state index is 14.1. The molecular formula is C21H26F2N4O2. The number of hydrogen-bond acceptors (Lipinski definition) is 3. The van der Waals surface area contributed by atoms with Gasteiger partial charge >= 0.3 is 6.03 Å². The van der Waals surface area contributed by atoms with Crippen molar-refractivity contribution in [2.45, 2.75) is 25.9 Å². The second-order valence-electron chi connectivity index (χ2n) is 7.16. The van der Waals surface area contributed by atoms with Crippen molar-refractivity contribution in [3.8, 4) is 0 Å². The highest BCUT2D eigenvalue weighted by molar-refractivity contribution is 5.96. The molecule has 1 unspecified atom stereocenters. The summed E-state index contributed by atoms with van der Waals surface area (Å²) >= 11 is 0. The quantitative estimate of drug-likeness (QED) is 0.661. The molecule has 0 fully saturated rings. The number of likely N-dealkylation sites (N-methyl/N-ethyl adjacent to an activating group) is 1. The molecule has 0 aliphatic carbocycles. The molecule has 156 valence electrons. The third-order valence-electron chi connectivity index (χ3n) is 4.21. The standard InChI is InChI=1S/C21H26F2N4O2/c1-13(2)25-21(29)26-15-8-5-7-14(11-15)20(28)24-12-18(27(3)4)19-16(22)9-6-10-17(19)23/h5-11,13,18H,12H2,1-4H3,(H,24,28)(H2,25,26,29). The number of benzene rings is 2. The van der Waals surface area contributed by atoms with Crippen LogP contribution in [0.1, 0.15) is 35.8 Å². The number of carbonyl (C=O) groups is 2. The minimum atomic E-state index is -0.682. The predicted octanol–water partition coefficient (Wildman–Crippen LogP) is 3.53. The SMILES string of the molecule is CC(C)NC(=O)Nc1cccc(C(=O)NCC(c2c(F)cccc2F)N(C)C)c1. The summed E-state index contributed by atoms with van der Waals surface area (Å²) in [5.41, 5.74) is 0.678. The van der Waals surface area contributed by atoms with Crippen LogP contribution < -0.4 is 16.0 Å². The van der Waals surface area contributed by atoms with Crippen LogP contribution in [0, 0.1) is 11.6 Å². The molecule has 29 heavy (non-hydrogen) atoms. The molecule has 0 saturated carbocycles.